The number of nitrogens with two attached hydrogens (primary N) is 1. The number of halogens is 1. The number of primary sulfonamides is 1. The Morgan fingerprint density at radius 2 is 1.84 bits per heavy atom. The highest BCUT2D eigenvalue weighted by molar-refractivity contribution is 7.88. The maximum Gasteiger partial charge on any atom is 0.226 e. The van der Waals surface area contributed by atoms with E-state index in [-0.39, 0.29) is 48.5 Å². The topological polar surface area (TPSA) is 153 Å². The molecule has 0 amide bonds. The summed E-state index contributed by atoms with van der Waals surface area (Å²) in [5, 5.41) is 17.8. The number of nitrogens with one attached hydrogen (secondary N) is 1. The Labute approximate surface area is 181 Å². The van der Waals surface area contributed by atoms with Gasteiger partial charge in [0.25, 0.3) is 0 Å². The fourth-order valence-corrected chi connectivity index (χ4v) is 3.58. The fourth-order valence-electron chi connectivity index (χ4n) is 3.09. The molecule has 0 bridgehead atoms. The van der Waals surface area contributed by atoms with Crippen LogP contribution >= 0.6 is 0 Å². The second-order valence-electron chi connectivity index (χ2n) is 7.79. The third-order valence-electron chi connectivity index (χ3n) is 4.45. The number of pyridine rings is 1. The van der Waals surface area contributed by atoms with Crippen LogP contribution in [0.25, 0.3) is 0 Å². The number of anilines is 1. The van der Waals surface area contributed by atoms with E-state index in [0.717, 1.165) is 0 Å². The van der Waals surface area contributed by atoms with Crippen molar-refractivity contribution in [1.82, 2.24) is 19.9 Å². The van der Waals surface area contributed by atoms with E-state index in [0.29, 0.717) is 17.9 Å². The lowest BCUT2D eigenvalue weighted by molar-refractivity contribution is 0.259. The normalized spacial score (nSPS) is 13.8. The molecule has 0 aliphatic heterocycles. The van der Waals surface area contributed by atoms with Gasteiger partial charge in [0.05, 0.1) is 19.8 Å². The van der Waals surface area contributed by atoms with Crippen molar-refractivity contribution in [1.29, 1.82) is 0 Å². The lowest BCUT2D eigenvalue weighted by Gasteiger charge is -2.19. The summed E-state index contributed by atoms with van der Waals surface area (Å²) >= 11 is 0. The van der Waals surface area contributed by atoms with E-state index in [4.69, 9.17) is 9.88 Å². The first-order valence-electron chi connectivity index (χ1n) is 9.82. The van der Waals surface area contributed by atoms with Crippen molar-refractivity contribution in [3.8, 4) is 5.88 Å². The van der Waals surface area contributed by atoms with Crippen molar-refractivity contribution in [2.45, 2.75) is 51.3 Å². The second kappa shape index (κ2) is 10.7. The van der Waals surface area contributed by atoms with Gasteiger partial charge in [-0.3, -0.25) is 0 Å². The lowest BCUT2D eigenvalue weighted by atomic mass is 9.99. The van der Waals surface area contributed by atoms with Crippen molar-refractivity contribution in [2.24, 2.45) is 11.1 Å². The van der Waals surface area contributed by atoms with Crippen LogP contribution < -0.4 is 15.2 Å². The summed E-state index contributed by atoms with van der Waals surface area (Å²) < 4.78 is 42.3. The van der Waals surface area contributed by atoms with Gasteiger partial charge in [-0.2, -0.15) is 19.3 Å². The second-order valence-corrected chi connectivity index (χ2v) is 9.41. The Morgan fingerprint density at radius 1 is 1.16 bits per heavy atom. The number of nitrogens with zero attached hydrogens (tertiary/aromatic N) is 4. The van der Waals surface area contributed by atoms with Gasteiger partial charge in [0.15, 0.2) is 5.82 Å². The minimum atomic E-state index is -3.87. The SMILES string of the molecule is COc1ccc([C@@H](C)Cc2nc(CS(N)(=O)=O)nc(N[C@@H](CO)CC(C)C)n2)c(F)n1. The van der Waals surface area contributed by atoms with Crippen LogP contribution in [0.15, 0.2) is 12.1 Å². The van der Waals surface area contributed by atoms with E-state index in [1.807, 2.05) is 13.8 Å². The van der Waals surface area contributed by atoms with Crippen LogP contribution in [0.2, 0.25) is 0 Å². The summed E-state index contributed by atoms with van der Waals surface area (Å²) in [7, 11) is -2.47. The van der Waals surface area contributed by atoms with Crippen molar-refractivity contribution in [2.75, 3.05) is 19.0 Å². The number of aliphatic hydroxyl groups is 1. The van der Waals surface area contributed by atoms with Crippen LogP contribution in [0.5, 0.6) is 5.88 Å². The summed E-state index contributed by atoms with van der Waals surface area (Å²) in [6, 6.07) is 2.81. The molecule has 0 unspecified atom stereocenters. The van der Waals surface area contributed by atoms with Gasteiger partial charge in [-0.15, -0.1) is 0 Å². The predicted octanol–water partition coefficient (Wildman–Crippen LogP) is 1.37. The molecule has 31 heavy (non-hydrogen) atoms. The van der Waals surface area contributed by atoms with Crippen LogP contribution in [0, 0.1) is 11.9 Å². The first-order chi connectivity index (χ1) is 14.5. The van der Waals surface area contributed by atoms with Gasteiger partial charge >= 0.3 is 0 Å². The maximum absolute atomic E-state index is 14.3. The summed E-state index contributed by atoms with van der Waals surface area (Å²) in [5.74, 6) is -0.767. The average Bonchev–Trinajstić information content (AvgIpc) is 2.65. The van der Waals surface area contributed by atoms with Crippen molar-refractivity contribution in [3.05, 3.63) is 35.3 Å². The highest BCUT2D eigenvalue weighted by atomic mass is 32.2. The molecule has 2 atom stereocenters. The Hall–Kier alpha value is -2.44. The Kier molecular flexibility index (Phi) is 8.60. The smallest absolute Gasteiger partial charge is 0.226 e. The number of hydrogen-bond donors (Lipinski definition) is 3. The molecule has 0 saturated heterocycles. The molecule has 2 aromatic heterocycles. The van der Waals surface area contributed by atoms with E-state index in [1.54, 1.807) is 19.1 Å². The van der Waals surface area contributed by atoms with Gasteiger partial charge in [-0.1, -0.05) is 20.8 Å². The molecule has 0 radical (unpaired) electrons. The molecule has 0 spiro atoms. The quantitative estimate of drug-likeness (QED) is 0.425. The Bertz CT molecular complexity index is 989. The number of hydrogen-bond acceptors (Lipinski definition) is 9. The summed E-state index contributed by atoms with van der Waals surface area (Å²) in [6.07, 6.45) is 0.856. The van der Waals surface area contributed by atoms with Crippen LogP contribution in [-0.4, -0.2) is 53.2 Å². The number of sulfonamides is 1. The average molecular weight is 457 g/mol. The van der Waals surface area contributed by atoms with Gasteiger partial charge in [0.1, 0.15) is 11.6 Å². The van der Waals surface area contributed by atoms with Crippen LogP contribution in [-0.2, 0) is 22.2 Å². The van der Waals surface area contributed by atoms with E-state index in [9.17, 15) is 17.9 Å². The molecular weight excluding hydrogens is 427 g/mol. The minimum absolute atomic E-state index is 0.0308. The molecule has 0 aliphatic carbocycles. The lowest BCUT2D eigenvalue weighted by Crippen LogP contribution is -2.28. The first-order valence-corrected chi connectivity index (χ1v) is 11.5. The van der Waals surface area contributed by atoms with Crippen LogP contribution in [0.1, 0.15) is 50.3 Å². The molecule has 2 aromatic rings. The third kappa shape index (κ3) is 7.96. The molecule has 2 rings (SSSR count). The zero-order valence-corrected chi connectivity index (χ0v) is 18.9. The van der Waals surface area contributed by atoms with Crippen molar-refractivity contribution in [3.63, 3.8) is 0 Å². The van der Waals surface area contributed by atoms with Crippen molar-refractivity contribution < 1.29 is 22.7 Å². The fraction of sp³-hybridized carbons (Fsp3) is 0.579. The molecule has 4 N–H and O–H groups in total. The zero-order chi connectivity index (χ0) is 23.2. The number of rotatable bonds is 11. The maximum atomic E-state index is 14.3. The molecule has 172 valence electrons. The minimum Gasteiger partial charge on any atom is -0.481 e. The molecule has 12 heteroatoms. The molecular formula is C19H29FN6O4S. The molecule has 10 nitrogen and oxygen atoms in total. The summed E-state index contributed by atoms with van der Waals surface area (Å²) in [4.78, 5) is 16.4. The van der Waals surface area contributed by atoms with E-state index < -0.39 is 21.7 Å². The Balaban J connectivity index is 2.33. The Morgan fingerprint density at radius 3 is 2.39 bits per heavy atom. The van der Waals surface area contributed by atoms with Gasteiger partial charge < -0.3 is 15.2 Å². The highest BCUT2D eigenvalue weighted by Crippen LogP contribution is 2.23. The van der Waals surface area contributed by atoms with Gasteiger partial charge in [-0.05, 0) is 24.3 Å². The molecule has 2 heterocycles. The number of ether oxygens (including phenoxy) is 1. The van der Waals surface area contributed by atoms with Gasteiger partial charge in [0.2, 0.25) is 27.8 Å². The predicted molar refractivity (Wildman–Crippen MR) is 113 cm³/mol. The van der Waals surface area contributed by atoms with E-state index >= 15 is 0 Å². The summed E-state index contributed by atoms with van der Waals surface area (Å²) in [6.45, 7) is 5.64. The monoisotopic (exact) mass is 456 g/mol. The van der Waals surface area contributed by atoms with Gasteiger partial charge in [0, 0.05) is 18.1 Å². The molecule has 0 aliphatic rings. The van der Waals surface area contributed by atoms with Crippen LogP contribution in [0.4, 0.5) is 10.3 Å². The van der Waals surface area contributed by atoms with Crippen LogP contribution in [0.3, 0.4) is 0 Å². The zero-order valence-electron chi connectivity index (χ0n) is 18.0. The third-order valence-corrected chi connectivity index (χ3v) is 5.11. The number of aromatic nitrogens is 4. The first kappa shape index (κ1) is 24.8. The largest absolute Gasteiger partial charge is 0.481 e. The van der Waals surface area contributed by atoms with Gasteiger partial charge in [-0.25, -0.2) is 18.5 Å². The highest BCUT2D eigenvalue weighted by Gasteiger charge is 2.19. The standard InChI is InChI=1S/C19H29FN6O4S/c1-11(2)7-13(9-27)22-19-24-15(23-16(25-19)10-31(21,28)29)8-12(3)14-5-6-17(30-4)26-18(14)20/h5-6,11-13,27H,7-10H2,1-4H3,(H2,21,28,29)(H,22,23,24,25)/t12-,13+/m0/s1. The van der Waals surface area contributed by atoms with E-state index in [1.165, 1.54) is 7.11 Å². The molecule has 0 fully saturated rings. The molecule has 0 aromatic carbocycles. The number of aliphatic hydroxyl groups excluding tert-OH is 1. The summed E-state index contributed by atoms with van der Waals surface area (Å²) in [5.41, 5.74) is 0.344. The van der Waals surface area contributed by atoms with Crippen molar-refractivity contribution >= 4 is 16.0 Å². The molecule has 0 saturated carbocycles. The number of methoxy groups -OCH3 is 1. The van der Waals surface area contributed by atoms with E-state index in [2.05, 4.69) is 25.3 Å².